The highest BCUT2D eigenvalue weighted by Gasteiger charge is 2.20. The van der Waals surface area contributed by atoms with Crippen LogP contribution in [0.2, 0.25) is 0 Å². The molecule has 13 heavy (non-hydrogen) atoms. The van der Waals surface area contributed by atoms with Crippen LogP contribution in [0, 0.1) is 0 Å². The maximum absolute atomic E-state index is 10.6. The molecule has 68 valence electrons. The van der Waals surface area contributed by atoms with Gasteiger partial charge in [0.15, 0.2) is 5.94 Å². The van der Waals surface area contributed by atoms with Gasteiger partial charge in [-0.3, -0.25) is 5.01 Å². The Hall–Kier alpha value is -1.31. The zero-order valence-electron chi connectivity index (χ0n) is 7.44. The minimum Gasteiger partial charge on any atom is -0.271 e. The molecule has 2 aliphatic heterocycles. The summed E-state index contributed by atoms with van der Waals surface area (Å²) in [4.78, 5) is 10.6. The first-order chi connectivity index (χ1) is 6.42. The number of nitrogens with zero attached hydrogens (tertiary/aromatic N) is 2. The van der Waals surface area contributed by atoms with Crippen molar-refractivity contribution < 1.29 is 4.79 Å². The summed E-state index contributed by atoms with van der Waals surface area (Å²) < 4.78 is 0. The largest absolute Gasteiger partial charge is 0.271 e. The van der Waals surface area contributed by atoms with Gasteiger partial charge in [0.2, 0.25) is 0 Å². The van der Waals surface area contributed by atoms with Gasteiger partial charge in [-0.1, -0.05) is 6.08 Å². The number of hydrazine groups is 1. The lowest BCUT2D eigenvalue weighted by Gasteiger charge is -2.30. The molecule has 0 aromatic rings. The second kappa shape index (κ2) is 3.60. The van der Waals surface area contributed by atoms with E-state index in [9.17, 15) is 4.79 Å². The highest BCUT2D eigenvalue weighted by molar-refractivity contribution is 5.57. The minimum absolute atomic E-state index is 0.601. The first-order valence-electron chi connectivity index (χ1n) is 4.56. The second-order valence-electron chi connectivity index (χ2n) is 3.19. The Morgan fingerprint density at radius 2 is 2.00 bits per heavy atom. The molecule has 0 aliphatic carbocycles. The van der Waals surface area contributed by atoms with E-state index in [4.69, 9.17) is 0 Å². The fraction of sp³-hybridized carbons (Fsp3) is 0.400. The average Bonchev–Trinajstić information content (AvgIpc) is 2.70. The number of hydrogen-bond acceptors (Lipinski definition) is 3. The SMILES string of the molecule is O=C=C1C=CC=CN1N1CCCC1. The van der Waals surface area contributed by atoms with E-state index in [-0.39, 0.29) is 0 Å². The van der Waals surface area contributed by atoms with Crippen LogP contribution >= 0.6 is 0 Å². The van der Waals surface area contributed by atoms with Crippen molar-refractivity contribution in [3.05, 3.63) is 30.1 Å². The van der Waals surface area contributed by atoms with E-state index in [1.165, 1.54) is 12.8 Å². The molecule has 0 bridgehead atoms. The lowest BCUT2D eigenvalue weighted by molar-refractivity contribution is 0.0913. The molecule has 0 aromatic heterocycles. The van der Waals surface area contributed by atoms with E-state index in [2.05, 4.69) is 5.01 Å². The minimum atomic E-state index is 0.601. The smallest absolute Gasteiger partial charge is 0.152 e. The summed E-state index contributed by atoms with van der Waals surface area (Å²) in [5.74, 6) is 1.94. The van der Waals surface area contributed by atoms with Gasteiger partial charge in [0.05, 0.1) is 0 Å². The van der Waals surface area contributed by atoms with Gasteiger partial charge >= 0.3 is 0 Å². The van der Waals surface area contributed by atoms with Crippen LogP contribution in [0.15, 0.2) is 30.1 Å². The normalized spacial score (nSPS) is 22.5. The summed E-state index contributed by atoms with van der Waals surface area (Å²) in [7, 11) is 0. The molecule has 0 atom stereocenters. The van der Waals surface area contributed by atoms with Crippen LogP contribution in [0.5, 0.6) is 0 Å². The van der Waals surface area contributed by atoms with Gasteiger partial charge in [-0.25, -0.2) is 9.80 Å². The second-order valence-corrected chi connectivity index (χ2v) is 3.19. The molecule has 2 aliphatic rings. The number of carbonyl (C=O) groups excluding carboxylic acids is 1. The molecule has 0 amide bonds. The summed E-state index contributed by atoms with van der Waals surface area (Å²) in [6.45, 7) is 2.06. The van der Waals surface area contributed by atoms with Crippen LogP contribution in [0.3, 0.4) is 0 Å². The molecule has 0 aromatic carbocycles. The van der Waals surface area contributed by atoms with Crippen LogP contribution in [0.25, 0.3) is 0 Å². The standard InChI is InChI=1S/C10H12N2O/c13-9-10-5-1-2-8-12(10)11-6-3-4-7-11/h1-2,5,8H,3-4,6-7H2. The summed E-state index contributed by atoms with van der Waals surface area (Å²) >= 11 is 0. The van der Waals surface area contributed by atoms with Gasteiger partial charge in [0.25, 0.3) is 0 Å². The molecule has 2 rings (SSSR count). The predicted octanol–water partition coefficient (Wildman–Crippen LogP) is 1.10. The average molecular weight is 176 g/mol. The molecule has 0 spiro atoms. The van der Waals surface area contributed by atoms with Gasteiger partial charge in [-0.15, -0.1) is 0 Å². The van der Waals surface area contributed by atoms with Gasteiger partial charge in [0, 0.05) is 19.3 Å². The Balaban J connectivity index is 2.17. The lowest BCUT2D eigenvalue weighted by atomic mass is 10.3. The molecule has 1 fully saturated rings. The molecular formula is C10H12N2O. The molecule has 0 saturated carbocycles. The molecular weight excluding hydrogens is 164 g/mol. The van der Waals surface area contributed by atoms with Gasteiger partial charge in [0.1, 0.15) is 5.70 Å². The Kier molecular flexibility index (Phi) is 2.30. The quantitative estimate of drug-likeness (QED) is 0.559. The van der Waals surface area contributed by atoms with Crippen LogP contribution < -0.4 is 0 Å². The summed E-state index contributed by atoms with van der Waals surface area (Å²) in [5.41, 5.74) is 0.601. The Labute approximate surface area is 77.6 Å². The monoisotopic (exact) mass is 176 g/mol. The molecule has 0 unspecified atom stereocenters. The van der Waals surface area contributed by atoms with Crippen LogP contribution in [-0.2, 0) is 4.79 Å². The third-order valence-electron chi connectivity index (χ3n) is 2.33. The predicted molar refractivity (Wildman–Crippen MR) is 50.1 cm³/mol. The van der Waals surface area contributed by atoms with Crippen molar-refractivity contribution in [3.63, 3.8) is 0 Å². The summed E-state index contributed by atoms with van der Waals surface area (Å²) in [6.07, 6.45) is 9.89. The first kappa shape index (κ1) is 8.30. The van der Waals surface area contributed by atoms with Crippen molar-refractivity contribution in [2.24, 2.45) is 0 Å². The molecule has 2 heterocycles. The topological polar surface area (TPSA) is 23.6 Å². The zero-order chi connectivity index (χ0) is 9.10. The van der Waals surface area contributed by atoms with Crippen molar-refractivity contribution in [3.8, 4) is 0 Å². The third-order valence-corrected chi connectivity index (χ3v) is 2.33. The Morgan fingerprint density at radius 1 is 1.23 bits per heavy atom. The van der Waals surface area contributed by atoms with Crippen molar-refractivity contribution in [2.45, 2.75) is 12.8 Å². The van der Waals surface area contributed by atoms with E-state index in [1.54, 1.807) is 6.08 Å². The van der Waals surface area contributed by atoms with E-state index >= 15 is 0 Å². The molecule has 3 heteroatoms. The number of allylic oxidation sites excluding steroid dienone is 3. The van der Waals surface area contributed by atoms with E-state index < -0.39 is 0 Å². The fourth-order valence-electron chi connectivity index (χ4n) is 1.68. The lowest BCUT2D eigenvalue weighted by Crippen LogP contribution is -2.36. The maximum Gasteiger partial charge on any atom is 0.152 e. The summed E-state index contributed by atoms with van der Waals surface area (Å²) in [5, 5.41) is 4.06. The van der Waals surface area contributed by atoms with Crippen LogP contribution in [-0.4, -0.2) is 29.0 Å². The summed E-state index contributed by atoms with van der Waals surface area (Å²) in [6, 6.07) is 0. The van der Waals surface area contributed by atoms with Crippen molar-refractivity contribution in [1.29, 1.82) is 0 Å². The van der Waals surface area contributed by atoms with Gasteiger partial charge in [-0.2, -0.15) is 0 Å². The van der Waals surface area contributed by atoms with Crippen LogP contribution in [0.1, 0.15) is 12.8 Å². The highest BCUT2D eigenvalue weighted by atomic mass is 16.1. The molecule has 0 N–H and O–H groups in total. The highest BCUT2D eigenvalue weighted by Crippen LogP contribution is 2.18. The van der Waals surface area contributed by atoms with E-state index in [0.717, 1.165) is 13.1 Å². The third kappa shape index (κ3) is 1.57. The zero-order valence-corrected chi connectivity index (χ0v) is 7.44. The van der Waals surface area contributed by atoms with Crippen molar-refractivity contribution in [1.82, 2.24) is 10.0 Å². The van der Waals surface area contributed by atoms with Crippen LogP contribution in [0.4, 0.5) is 0 Å². The molecule has 0 radical (unpaired) electrons. The van der Waals surface area contributed by atoms with Crippen molar-refractivity contribution >= 4 is 5.94 Å². The molecule has 1 saturated heterocycles. The van der Waals surface area contributed by atoms with Gasteiger partial charge < -0.3 is 0 Å². The Bertz CT molecular complexity index is 294. The maximum atomic E-state index is 10.6. The van der Waals surface area contributed by atoms with E-state index in [1.807, 2.05) is 29.3 Å². The van der Waals surface area contributed by atoms with E-state index in [0.29, 0.717) is 5.70 Å². The fourth-order valence-corrected chi connectivity index (χ4v) is 1.68. The molecule has 3 nitrogen and oxygen atoms in total. The Morgan fingerprint density at radius 3 is 2.69 bits per heavy atom. The first-order valence-corrected chi connectivity index (χ1v) is 4.56. The van der Waals surface area contributed by atoms with Crippen molar-refractivity contribution in [2.75, 3.05) is 13.1 Å². The number of rotatable bonds is 1. The number of hydrogen-bond donors (Lipinski definition) is 0. The van der Waals surface area contributed by atoms with Gasteiger partial charge in [-0.05, 0) is 25.0 Å².